The van der Waals surface area contributed by atoms with Crippen molar-refractivity contribution in [3.05, 3.63) is 64.9 Å². The Labute approximate surface area is 172 Å². The number of ether oxygens (including phenoxy) is 1. The molecule has 0 aliphatic rings. The first-order chi connectivity index (χ1) is 13.9. The number of sulfonamides is 1. The van der Waals surface area contributed by atoms with Gasteiger partial charge in [0.2, 0.25) is 10.0 Å². The monoisotopic (exact) mass is 432 g/mol. The van der Waals surface area contributed by atoms with E-state index in [1.807, 2.05) is 41.8 Å². The number of carbonyl (C=O) groups is 2. The van der Waals surface area contributed by atoms with E-state index < -0.39 is 28.5 Å². The average molecular weight is 433 g/mol. The Balaban J connectivity index is 1.42. The molecule has 3 rings (SSSR count). The van der Waals surface area contributed by atoms with E-state index in [0.717, 1.165) is 15.6 Å². The van der Waals surface area contributed by atoms with Gasteiger partial charge in [0.15, 0.2) is 6.61 Å². The van der Waals surface area contributed by atoms with Crippen molar-refractivity contribution in [2.75, 3.05) is 13.2 Å². The first kappa shape index (κ1) is 21.0. The summed E-state index contributed by atoms with van der Waals surface area (Å²) in [5.41, 5.74) is 0. The van der Waals surface area contributed by atoms with E-state index in [2.05, 4.69) is 10.0 Å². The van der Waals surface area contributed by atoms with E-state index in [1.54, 1.807) is 12.1 Å². The smallest absolute Gasteiger partial charge is 0.307 e. The van der Waals surface area contributed by atoms with Crippen LogP contribution in [0.1, 0.15) is 11.3 Å². The molecule has 0 bridgehead atoms. The van der Waals surface area contributed by atoms with Gasteiger partial charge in [-0.1, -0.05) is 36.4 Å². The molecule has 29 heavy (non-hydrogen) atoms. The zero-order valence-corrected chi connectivity index (χ0v) is 17.1. The van der Waals surface area contributed by atoms with E-state index in [9.17, 15) is 18.0 Å². The molecule has 0 saturated heterocycles. The lowest BCUT2D eigenvalue weighted by atomic mass is 10.1. The second kappa shape index (κ2) is 9.64. The predicted octanol–water partition coefficient (Wildman–Crippen LogP) is 2.43. The van der Waals surface area contributed by atoms with Crippen molar-refractivity contribution in [1.29, 1.82) is 0 Å². The normalized spacial score (nSPS) is 11.3. The van der Waals surface area contributed by atoms with Crippen LogP contribution in [0.5, 0.6) is 0 Å². The van der Waals surface area contributed by atoms with Gasteiger partial charge in [0.25, 0.3) is 5.91 Å². The number of amides is 1. The molecule has 0 fully saturated rings. The van der Waals surface area contributed by atoms with Crippen molar-refractivity contribution in [2.24, 2.45) is 0 Å². The largest absolute Gasteiger partial charge is 0.456 e. The molecule has 3 aromatic rings. The highest BCUT2D eigenvalue weighted by Gasteiger charge is 2.15. The molecule has 1 amide bonds. The summed E-state index contributed by atoms with van der Waals surface area (Å²) in [7, 11) is -3.75. The Morgan fingerprint density at radius 2 is 1.79 bits per heavy atom. The summed E-state index contributed by atoms with van der Waals surface area (Å²) in [6, 6.07) is 16.0. The minimum absolute atomic E-state index is 0.120. The molecule has 0 atom stereocenters. The zero-order valence-electron chi connectivity index (χ0n) is 15.5. The van der Waals surface area contributed by atoms with Gasteiger partial charge >= 0.3 is 5.97 Å². The fourth-order valence-electron chi connectivity index (χ4n) is 2.57. The molecule has 152 valence electrons. The molecule has 0 spiro atoms. The third-order valence-corrected chi connectivity index (χ3v) is 6.39. The van der Waals surface area contributed by atoms with Crippen LogP contribution in [0.2, 0.25) is 0 Å². The maximum Gasteiger partial charge on any atom is 0.307 e. The van der Waals surface area contributed by atoms with Gasteiger partial charge in [-0.2, -0.15) is 0 Å². The third kappa shape index (κ3) is 6.11. The maximum atomic E-state index is 12.4. The fraction of sp³-hybridized carbons (Fsp3) is 0.200. The van der Waals surface area contributed by atoms with Crippen LogP contribution >= 0.6 is 11.3 Å². The van der Waals surface area contributed by atoms with Crippen LogP contribution in [0.15, 0.2) is 64.9 Å². The number of hydrogen-bond donors (Lipinski definition) is 2. The van der Waals surface area contributed by atoms with Gasteiger partial charge in [-0.25, -0.2) is 13.1 Å². The Morgan fingerprint density at radius 3 is 2.55 bits per heavy atom. The highest BCUT2D eigenvalue weighted by atomic mass is 32.2. The van der Waals surface area contributed by atoms with Crippen LogP contribution in [-0.2, 0) is 30.9 Å². The van der Waals surface area contributed by atoms with E-state index in [1.165, 1.54) is 17.4 Å². The summed E-state index contributed by atoms with van der Waals surface area (Å²) >= 11 is 1.51. The lowest BCUT2D eigenvalue weighted by Gasteiger charge is -2.08. The molecule has 0 saturated carbocycles. The number of thiophene rings is 1. The molecule has 0 unspecified atom stereocenters. The third-order valence-electron chi connectivity index (χ3n) is 4.06. The molecule has 2 aromatic carbocycles. The predicted molar refractivity (Wildman–Crippen MR) is 111 cm³/mol. The van der Waals surface area contributed by atoms with E-state index in [4.69, 9.17) is 4.74 Å². The molecule has 1 heterocycles. The summed E-state index contributed by atoms with van der Waals surface area (Å²) in [5.74, 6) is -1.07. The summed E-state index contributed by atoms with van der Waals surface area (Å²) in [6.45, 7) is -0.147. The molecule has 7 nitrogen and oxygen atoms in total. The van der Waals surface area contributed by atoms with Gasteiger partial charge < -0.3 is 10.1 Å². The van der Waals surface area contributed by atoms with Crippen molar-refractivity contribution >= 4 is 44.0 Å². The highest BCUT2D eigenvalue weighted by Crippen LogP contribution is 2.18. The van der Waals surface area contributed by atoms with Gasteiger partial charge in [0.1, 0.15) is 0 Å². The van der Waals surface area contributed by atoms with E-state index >= 15 is 0 Å². The Hall–Kier alpha value is -2.75. The summed E-state index contributed by atoms with van der Waals surface area (Å²) in [5, 5.41) is 6.29. The van der Waals surface area contributed by atoms with Crippen molar-refractivity contribution in [3.8, 4) is 0 Å². The molecule has 1 aromatic heterocycles. The zero-order chi connectivity index (χ0) is 20.7. The number of carbonyl (C=O) groups excluding carboxylic acids is 2. The average Bonchev–Trinajstić information content (AvgIpc) is 3.24. The highest BCUT2D eigenvalue weighted by molar-refractivity contribution is 7.89. The number of fused-ring (bicyclic) bond motifs is 1. The van der Waals surface area contributed by atoms with Gasteiger partial charge in [0, 0.05) is 11.4 Å². The number of hydrogen-bond acceptors (Lipinski definition) is 6. The van der Waals surface area contributed by atoms with Gasteiger partial charge in [0.05, 0.1) is 17.9 Å². The minimum atomic E-state index is -3.75. The lowest BCUT2D eigenvalue weighted by molar-refractivity contribution is -0.148. The molecular formula is C20H20N2O5S2. The Bertz CT molecular complexity index is 1100. The lowest BCUT2D eigenvalue weighted by Crippen LogP contribution is -2.30. The molecular weight excluding hydrogens is 412 g/mol. The summed E-state index contributed by atoms with van der Waals surface area (Å²) in [4.78, 5) is 24.5. The first-order valence-electron chi connectivity index (χ1n) is 8.87. The van der Waals surface area contributed by atoms with Crippen molar-refractivity contribution in [1.82, 2.24) is 10.0 Å². The van der Waals surface area contributed by atoms with Crippen molar-refractivity contribution < 1.29 is 22.7 Å². The minimum Gasteiger partial charge on any atom is -0.456 e. The molecule has 0 aliphatic carbocycles. The van der Waals surface area contributed by atoms with Crippen LogP contribution in [0, 0.1) is 0 Å². The van der Waals surface area contributed by atoms with Gasteiger partial charge in [-0.15, -0.1) is 11.3 Å². The van der Waals surface area contributed by atoms with Crippen LogP contribution in [0.25, 0.3) is 10.8 Å². The van der Waals surface area contributed by atoms with Crippen LogP contribution in [-0.4, -0.2) is 33.4 Å². The van der Waals surface area contributed by atoms with Crippen LogP contribution < -0.4 is 10.0 Å². The molecule has 0 aliphatic heterocycles. The molecule has 9 heteroatoms. The van der Waals surface area contributed by atoms with Crippen molar-refractivity contribution in [3.63, 3.8) is 0 Å². The molecule has 0 radical (unpaired) electrons. The van der Waals surface area contributed by atoms with Gasteiger partial charge in [-0.3, -0.25) is 9.59 Å². The summed E-state index contributed by atoms with van der Waals surface area (Å²) < 4.78 is 32.0. The fourth-order valence-corrected chi connectivity index (χ4v) is 4.28. The molecule has 2 N–H and O–H groups in total. The standard InChI is InChI=1S/C20H20N2O5S2/c23-19(21-13-17-6-3-11-28-17)14-27-20(24)9-10-22-29(25,26)18-8-7-15-4-1-2-5-16(15)12-18/h1-8,11-12,22H,9-10,13-14H2,(H,21,23). The number of rotatable bonds is 9. The Morgan fingerprint density at radius 1 is 1.00 bits per heavy atom. The first-order valence-corrected chi connectivity index (χ1v) is 11.2. The number of benzene rings is 2. The quantitative estimate of drug-likeness (QED) is 0.506. The van der Waals surface area contributed by atoms with Crippen molar-refractivity contribution in [2.45, 2.75) is 17.9 Å². The second-order valence-electron chi connectivity index (χ2n) is 6.17. The van der Waals surface area contributed by atoms with E-state index in [-0.39, 0.29) is 17.9 Å². The SMILES string of the molecule is O=C(COC(=O)CCNS(=O)(=O)c1ccc2ccccc2c1)NCc1cccs1. The summed E-state index contributed by atoms with van der Waals surface area (Å²) in [6.07, 6.45) is -0.176. The number of esters is 1. The Kier molecular flexibility index (Phi) is 6.97. The maximum absolute atomic E-state index is 12.4. The number of nitrogens with one attached hydrogen (secondary N) is 2. The van der Waals surface area contributed by atoms with Crippen LogP contribution in [0.4, 0.5) is 0 Å². The van der Waals surface area contributed by atoms with Crippen LogP contribution in [0.3, 0.4) is 0 Å². The van der Waals surface area contributed by atoms with Gasteiger partial charge in [-0.05, 0) is 34.4 Å². The topological polar surface area (TPSA) is 102 Å². The second-order valence-corrected chi connectivity index (χ2v) is 8.97. The van der Waals surface area contributed by atoms with E-state index in [0.29, 0.717) is 6.54 Å².